The Bertz CT molecular complexity index is 1800. The summed E-state index contributed by atoms with van der Waals surface area (Å²) in [7, 11) is 3.07. The van der Waals surface area contributed by atoms with Crippen LogP contribution in [0.2, 0.25) is 0 Å². The molecule has 6 rings (SSSR count). The Morgan fingerprint density at radius 3 is 2.49 bits per heavy atom. The third-order valence-corrected chi connectivity index (χ3v) is 6.85. The number of aryl methyl sites for hydroxylation is 1. The van der Waals surface area contributed by atoms with E-state index in [0.717, 1.165) is 20.9 Å². The van der Waals surface area contributed by atoms with E-state index in [0.29, 0.717) is 40.3 Å². The molecule has 0 fully saturated rings. The first-order chi connectivity index (χ1) is 16.9. The van der Waals surface area contributed by atoms with Crippen LogP contribution in [0.15, 0.2) is 70.3 Å². The maximum atomic E-state index is 13.7. The van der Waals surface area contributed by atoms with E-state index < -0.39 is 17.4 Å². The number of nitrogens with zero attached hydrogens (tertiary/aromatic N) is 3. The van der Waals surface area contributed by atoms with Gasteiger partial charge in [-0.25, -0.2) is 9.78 Å². The molecule has 1 aliphatic carbocycles. The Morgan fingerprint density at radius 2 is 1.69 bits per heavy atom. The summed E-state index contributed by atoms with van der Waals surface area (Å²) in [4.78, 5) is 31.3. The summed E-state index contributed by atoms with van der Waals surface area (Å²) < 4.78 is 8.54. The Kier molecular flexibility index (Phi) is 4.66. The van der Waals surface area contributed by atoms with Gasteiger partial charge in [0, 0.05) is 36.3 Å². The van der Waals surface area contributed by atoms with Crippen molar-refractivity contribution < 1.29 is 9.84 Å². The summed E-state index contributed by atoms with van der Waals surface area (Å²) in [6.07, 6.45) is -0.983. The van der Waals surface area contributed by atoms with Crippen molar-refractivity contribution in [2.24, 2.45) is 14.1 Å². The predicted octanol–water partition coefficient (Wildman–Crippen LogP) is 3.91. The Morgan fingerprint density at radius 1 is 0.943 bits per heavy atom. The maximum Gasteiger partial charge on any atom is 0.332 e. The second-order valence-corrected chi connectivity index (χ2v) is 8.74. The fraction of sp³-hybridized carbons (Fsp3) is 0.179. The molecule has 2 aromatic heterocycles. The van der Waals surface area contributed by atoms with Gasteiger partial charge in [0.2, 0.25) is 0 Å². The molecule has 174 valence electrons. The van der Waals surface area contributed by atoms with Gasteiger partial charge in [0.15, 0.2) is 5.65 Å². The van der Waals surface area contributed by atoms with Crippen LogP contribution in [0.25, 0.3) is 44.2 Å². The van der Waals surface area contributed by atoms with Crippen molar-refractivity contribution in [1.82, 2.24) is 14.1 Å². The molecule has 1 N–H and O–H groups in total. The molecule has 1 aliphatic rings. The van der Waals surface area contributed by atoms with Crippen molar-refractivity contribution in [3.05, 3.63) is 92.6 Å². The molecule has 7 heteroatoms. The van der Waals surface area contributed by atoms with E-state index in [1.165, 1.54) is 11.6 Å². The molecule has 1 atom stereocenters. The number of aliphatic hydroxyl groups is 1. The highest BCUT2D eigenvalue weighted by Crippen LogP contribution is 2.51. The lowest BCUT2D eigenvalue weighted by Crippen LogP contribution is -2.37. The average Bonchev–Trinajstić information content (AvgIpc) is 3.17. The lowest BCUT2D eigenvalue weighted by Gasteiger charge is -2.20. The lowest BCUT2D eigenvalue weighted by molar-refractivity contribution is 0.225. The van der Waals surface area contributed by atoms with E-state index in [1.54, 1.807) is 7.05 Å². The number of aliphatic hydroxyl groups excluding tert-OH is 1. The van der Waals surface area contributed by atoms with E-state index in [2.05, 4.69) is 0 Å². The number of rotatable bonds is 3. The van der Waals surface area contributed by atoms with Crippen molar-refractivity contribution in [2.45, 2.75) is 13.0 Å². The molecular formula is C28H23N3O4. The summed E-state index contributed by atoms with van der Waals surface area (Å²) in [5.74, 6) is 0.597. The van der Waals surface area contributed by atoms with E-state index in [1.807, 2.05) is 67.6 Å². The topological polar surface area (TPSA) is 86.4 Å². The van der Waals surface area contributed by atoms with E-state index in [4.69, 9.17) is 9.72 Å². The van der Waals surface area contributed by atoms with E-state index in [9.17, 15) is 14.7 Å². The molecule has 0 spiro atoms. The normalized spacial score (nSPS) is 14.3. The summed E-state index contributed by atoms with van der Waals surface area (Å²) in [6, 6.07) is 19.2. The second-order valence-electron chi connectivity index (χ2n) is 8.74. The summed E-state index contributed by atoms with van der Waals surface area (Å²) in [6.45, 7) is 2.33. The highest BCUT2D eigenvalue weighted by atomic mass is 16.5. The van der Waals surface area contributed by atoms with Crippen LogP contribution in [0.5, 0.6) is 5.75 Å². The minimum atomic E-state index is -0.983. The molecular weight excluding hydrogens is 442 g/mol. The Balaban J connectivity index is 1.92. The molecule has 5 aromatic rings. The molecule has 0 bridgehead atoms. The molecule has 2 heterocycles. The number of hydrogen-bond donors (Lipinski definition) is 1. The van der Waals surface area contributed by atoms with Crippen LogP contribution in [0, 0.1) is 0 Å². The fourth-order valence-electron chi connectivity index (χ4n) is 5.23. The minimum absolute atomic E-state index is 0.270. The van der Waals surface area contributed by atoms with Crippen LogP contribution in [-0.4, -0.2) is 25.8 Å². The monoisotopic (exact) mass is 465 g/mol. The molecule has 0 radical (unpaired) electrons. The third kappa shape index (κ3) is 2.85. The molecule has 0 amide bonds. The van der Waals surface area contributed by atoms with Crippen LogP contribution < -0.4 is 16.0 Å². The first-order valence-corrected chi connectivity index (χ1v) is 11.5. The van der Waals surface area contributed by atoms with Gasteiger partial charge in [0.1, 0.15) is 11.9 Å². The van der Waals surface area contributed by atoms with Crippen LogP contribution in [-0.2, 0) is 14.1 Å². The average molecular weight is 466 g/mol. The van der Waals surface area contributed by atoms with Gasteiger partial charge in [-0.1, -0.05) is 54.6 Å². The number of aromatic nitrogens is 3. The van der Waals surface area contributed by atoms with Gasteiger partial charge in [-0.05, 0) is 29.3 Å². The lowest BCUT2D eigenvalue weighted by atomic mass is 9.90. The van der Waals surface area contributed by atoms with Crippen LogP contribution in [0.4, 0.5) is 0 Å². The third-order valence-electron chi connectivity index (χ3n) is 6.85. The maximum absolute atomic E-state index is 13.7. The largest absolute Gasteiger partial charge is 0.493 e. The quantitative estimate of drug-likeness (QED) is 0.437. The molecule has 0 saturated heterocycles. The SMILES string of the molecule is CCOc1ccc2ccccc2c1-c1c2c(nc3c1c(=O)n(C)c(=O)n3C)-c1ccccc1[C@H]2O. The molecule has 0 saturated carbocycles. The Labute approximate surface area is 200 Å². The zero-order chi connectivity index (χ0) is 24.4. The highest BCUT2D eigenvalue weighted by Gasteiger charge is 2.35. The minimum Gasteiger partial charge on any atom is -0.493 e. The number of fused-ring (bicyclic) bond motifs is 5. The van der Waals surface area contributed by atoms with Crippen molar-refractivity contribution in [2.75, 3.05) is 6.61 Å². The van der Waals surface area contributed by atoms with Crippen LogP contribution in [0.3, 0.4) is 0 Å². The number of hydrogen-bond acceptors (Lipinski definition) is 5. The van der Waals surface area contributed by atoms with Gasteiger partial charge in [-0.3, -0.25) is 13.9 Å². The van der Waals surface area contributed by atoms with Crippen molar-refractivity contribution >= 4 is 21.8 Å². The molecule has 0 aliphatic heterocycles. The Hall–Kier alpha value is -4.23. The van der Waals surface area contributed by atoms with Crippen molar-refractivity contribution in [3.63, 3.8) is 0 Å². The fourth-order valence-corrected chi connectivity index (χ4v) is 5.23. The van der Waals surface area contributed by atoms with E-state index in [-0.39, 0.29) is 11.0 Å². The van der Waals surface area contributed by atoms with Gasteiger partial charge in [0.25, 0.3) is 5.56 Å². The molecule has 0 unspecified atom stereocenters. The summed E-state index contributed by atoms with van der Waals surface area (Å²) in [5, 5.41) is 13.7. The van der Waals surface area contributed by atoms with Crippen molar-refractivity contribution in [1.29, 1.82) is 0 Å². The zero-order valence-corrected chi connectivity index (χ0v) is 19.6. The van der Waals surface area contributed by atoms with Crippen LogP contribution >= 0.6 is 0 Å². The number of ether oxygens (including phenoxy) is 1. The first kappa shape index (κ1) is 21.3. The number of benzene rings is 3. The summed E-state index contributed by atoms with van der Waals surface area (Å²) >= 11 is 0. The van der Waals surface area contributed by atoms with Gasteiger partial charge < -0.3 is 9.84 Å². The molecule has 35 heavy (non-hydrogen) atoms. The predicted molar refractivity (Wildman–Crippen MR) is 136 cm³/mol. The van der Waals surface area contributed by atoms with Gasteiger partial charge in [-0.15, -0.1) is 0 Å². The molecule has 3 aromatic carbocycles. The van der Waals surface area contributed by atoms with Gasteiger partial charge in [0.05, 0.1) is 17.7 Å². The van der Waals surface area contributed by atoms with Gasteiger partial charge in [-0.2, -0.15) is 0 Å². The highest BCUT2D eigenvalue weighted by molar-refractivity contribution is 6.09. The van der Waals surface area contributed by atoms with Crippen LogP contribution in [0.1, 0.15) is 24.2 Å². The second kappa shape index (κ2) is 7.65. The standard InChI is InChI=1S/C28H23N3O4/c1-4-35-19-14-13-15-9-5-6-10-16(15)20(19)21-22-24(17-11-7-8-12-18(17)25(22)32)29-26-23(21)27(33)31(3)28(34)30(26)2/h5-14,25,32H,4H2,1-3H3/t25-/m1/s1. The van der Waals surface area contributed by atoms with E-state index >= 15 is 0 Å². The first-order valence-electron chi connectivity index (χ1n) is 11.5. The smallest absolute Gasteiger partial charge is 0.332 e. The molecule has 7 nitrogen and oxygen atoms in total. The zero-order valence-electron chi connectivity index (χ0n) is 19.6. The number of pyridine rings is 1. The van der Waals surface area contributed by atoms with Crippen molar-refractivity contribution in [3.8, 4) is 28.1 Å². The summed E-state index contributed by atoms with van der Waals surface area (Å²) in [5.41, 5.74) is 3.20. The van der Waals surface area contributed by atoms with Gasteiger partial charge >= 0.3 is 5.69 Å².